The highest BCUT2D eigenvalue weighted by molar-refractivity contribution is 5.27. The van der Waals surface area contributed by atoms with Crippen molar-refractivity contribution < 1.29 is 0 Å². The van der Waals surface area contributed by atoms with E-state index in [1.165, 1.54) is 18.4 Å². The zero-order valence-corrected chi connectivity index (χ0v) is 6.20. The molecule has 0 fully saturated rings. The topological polar surface area (TPSA) is 0 Å². The van der Waals surface area contributed by atoms with Crippen LogP contribution in [-0.4, -0.2) is 0 Å². The molecule has 1 aliphatic rings. The van der Waals surface area contributed by atoms with Gasteiger partial charge in [-0.3, -0.25) is 0 Å². The van der Waals surface area contributed by atoms with Gasteiger partial charge in [0.25, 0.3) is 0 Å². The van der Waals surface area contributed by atoms with E-state index in [1.807, 2.05) is 0 Å². The van der Waals surface area contributed by atoms with Crippen molar-refractivity contribution in [1.29, 1.82) is 0 Å². The van der Waals surface area contributed by atoms with Gasteiger partial charge in [0.2, 0.25) is 0 Å². The van der Waals surface area contributed by atoms with Gasteiger partial charge in [-0.15, -0.1) is 0 Å². The summed E-state index contributed by atoms with van der Waals surface area (Å²) in [6.45, 7) is 4.33. The first-order valence-electron chi connectivity index (χ1n) is 3.60. The van der Waals surface area contributed by atoms with Gasteiger partial charge in [0.1, 0.15) is 0 Å². The molecule has 0 saturated carbocycles. The summed E-state index contributed by atoms with van der Waals surface area (Å²) in [5.41, 5.74) is 2.87. The van der Waals surface area contributed by atoms with Crippen LogP contribution in [0.25, 0.3) is 0 Å². The number of hydrogen-bond acceptors (Lipinski definition) is 0. The van der Waals surface area contributed by atoms with Gasteiger partial charge >= 0.3 is 0 Å². The first-order chi connectivity index (χ1) is 4.33. The van der Waals surface area contributed by atoms with E-state index in [-0.39, 0.29) is 0 Å². The Bertz CT molecular complexity index is 149. The number of hydrogen-bond donors (Lipinski definition) is 0. The second-order valence-corrected chi connectivity index (χ2v) is 2.59. The molecule has 0 unspecified atom stereocenters. The monoisotopic (exact) mass is 121 g/mol. The molecule has 1 rings (SSSR count). The van der Waals surface area contributed by atoms with Crippen molar-refractivity contribution in [2.75, 3.05) is 0 Å². The van der Waals surface area contributed by atoms with Gasteiger partial charge in [0, 0.05) is 0 Å². The van der Waals surface area contributed by atoms with Gasteiger partial charge in [0.15, 0.2) is 0 Å². The fourth-order valence-corrected chi connectivity index (χ4v) is 1.14. The Kier molecular flexibility index (Phi) is 2.10. The number of allylic oxidation sites excluding steroid dienone is 4. The first-order valence-corrected chi connectivity index (χ1v) is 3.60. The van der Waals surface area contributed by atoms with E-state index in [2.05, 4.69) is 26.0 Å². The lowest BCUT2D eigenvalue weighted by atomic mass is 10.1. The van der Waals surface area contributed by atoms with Gasteiger partial charge < -0.3 is 0 Å². The molecule has 0 nitrogen and oxygen atoms in total. The summed E-state index contributed by atoms with van der Waals surface area (Å²) in [6, 6.07) is 0. The van der Waals surface area contributed by atoms with Crippen molar-refractivity contribution >= 4 is 0 Å². The molecule has 0 heterocycles. The van der Waals surface area contributed by atoms with Crippen LogP contribution >= 0.6 is 0 Å². The van der Waals surface area contributed by atoms with Crippen molar-refractivity contribution in [3.63, 3.8) is 0 Å². The molecule has 0 aromatic heterocycles. The summed E-state index contributed by atoms with van der Waals surface area (Å²) in [7, 11) is 0. The Balaban J connectivity index is 2.41. The predicted molar refractivity (Wildman–Crippen MR) is 40.0 cm³/mol. The molecule has 1 aliphatic carbocycles. The highest BCUT2D eigenvalue weighted by Gasteiger charge is 2.00. The quantitative estimate of drug-likeness (QED) is 0.527. The van der Waals surface area contributed by atoms with Crippen LogP contribution in [0.1, 0.15) is 33.1 Å². The lowest BCUT2D eigenvalue weighted by molar-refractivity contribution is 0.884. The minimum atomic E-state index is 1.08. The second-order valence-electron chi connectivity index (χ2n) is 2.59. The fraction of sp³-hybridized carbons (Fsp3) is 0.556. The summed E-state index contributed by atoms with van der Waals surface area (Å²) >= 11 is 0. The zero-order valence-electron chi connectivity index (χ0n) is 6.20. The summed E-state index contributed by atoms with van der Waals surface area (Å²) in [5.74, 6) is 0. The van der Waals surface area contributed by atoms with Gasteiger partial charge in [0.05, 0.1) is 0 Å². The van der Waals surface area contributed by atoms with E-state index in [9.17, 15) is 0 Å². The molecule has 0 spiro atoms. The molecular weight excluding hydrogens is 108 g/mol. The Hall–Kier alpha value is -0.520. The van der Waals surface area contributed by atoms with E-state index in [4.69, 9.17) is 0 Å². The maximum atomic E-state index is 3.28. The first kappa shape index (κ1) is 6.60. The molecule has 0 atom stereocenters. The molecule has 49 valence electrons. The van der Waals surface area contributed by atoms with Crippen LogP contribution in [0, 0.1) is 6.08 Å². The molecule has 0 saturated heterocycles. The van der Waals surface area contributed by atoms with E-state index in [1.54, 1.807) is 5.57 Å². The zero-order chi connectivity index (χ0) is 6.69. The van der Waals surface area contributed by atoms with Crippen molar-refractivity contribution in [3.05, 3.63) is 23.3 Å². The predicted octanol–water partition coefficient (Wildman–Crippen LogP) is 2.87. The standard InChI is InChI=1S/C9H13/c1-3-4-9-6-5-8(2)7-9/h7H,3-4,6H2,1-2H3. The summed E-state index contributed by atoms with van der Waals surface area (Å²) in [5, 5.41) is 0. The SMILES string of the molecule is CCCC1=CC(C)=[C]C1. The van der Waals surface area contributed by atoms with Crippen LogP contribution in [0.5, 0.6) is 0 Å². The van der Waals surface area contributed by atoms with Gasteiger partial charge in [-0.2, -0.15) is 0 Å². The third-order valence-electron chi connectivity index (χ3n) is 1.59. The Morgan fingerprint density at radius 3 is 2.89 bits per heavy atom. The van der Waals surface area contributed by atoms with Crippen LogP contribution in [0.2, 0.25) is 0 Å². The van der Waals surface area contributed by atoms with Crippen LogP contribution in [0.15, 0.2) is 17.2 Å². The molecule has 0 heteroatoms. The van der Waals surface area contributed by atoms with Gasteiger partial charge in [-0.1, -0.05) is 25.0 Å². The van der Waals surface area contributed by atoms with Crippen molar-refractivity contribution in [1.82, 2.24) is 0 Å². The Labute approximate surface area is 57.3 Å². The minimum Gasteiger partial charge on any atom is -0.0655 e. The highest BCUT2D eigenvalue weighted by Crippen LogP contribution is 2.19. The van der Waals surface area contributed by atoms with Crippen molar-refractivity contribution in [2.24, 2.45) is 0 Å². The molecular formula is C9H13. The van der Waals surface area contributed by atoms with Crippen LogP contribution in [0.4, 0.5) is 0 Å². The molecule has 0 aromatic rings. The normalized spacial score (nSPS) is 17.6. The molecule has 0 N–H and O–H groups in total. The highest BCUT2D eigenvalue weighted by atomic mass is 14.1. The minimum absolute atomic E-state index is 1.08. The van der Waals surface area contributed by atoms with E-state index >= 15 is 0 Å². The summed E-state index contributed by atoms with van der Waals surface area (Å²) in [6.07, 6.45) is 9.13. The Morgan fingerprint density at radius 1 is 1.67 bits per heavy atom. The smallest absolute Gasteiger partial charge is 0.00583 e. The third-order valence-corrected chi connectivity index (χ3v) is 1.59. The van der Waals surface area contributed by atoms with Crippen LogP contribution in [0.3, 0.4) is 0 Å². The third kappa shape index (κ3) is 1.70. The average molecular weight is 121 g/mol. The molecule has 9 heavy (non-hydrogen) atoms. The van der Waals surface area contributed by atoms with E-state index in [0.717, 1.165) is 6.42 Å². The fourth-order valence-electron chi connectivity index (χ4n) is 1.14. The van der Waals surface area contributed by atoms with E-state index in [0.29, 0.717) is 0 Å². The van der Waals surface area contributed by atoms with Crippen LogP contribution in [-0.2, 0) is 0 Å². The average Bonchev–Trinajstić information content (AvgIpc) is 2.17. The summed E-state index contributed by atoms with van der Waals surface area (Å²) in [4.78, 5) is 0. The molecule has 0 aromatic carbocycles. The molecule has 0 bridgehead atoms. The lowest BCUT2D eigenvalue weighted by Crippen LogP contribution is -1.74. The Morgan fingerprint density at radius 2 is 2.44 bits per heavy atom. The molecule has 0 aliphatic heterocycles. The van der Waals surface area contributed by atoms with E-state index < -0.39 is 0 Å². The second kappa shape index (κ2) is 2.86. The van der Waals surface area contributed by atoms with Crippen molar-refractivity contribution in [2.45, 2.75) is 33.1 Å². The molecule has 0 amide bonds. The van der Waals surface area contributed by atoms with Crippen molar-refractivity contribution in [3.8, 4) is 0 Å². The van der Waals surface area contributed by atoms with Gasteiger partial charge in [-0.25, -0.2) is 0 Å². The van der Waals surface area contributed by atoms with Gasteiger partial charge in [-0.05, 0) is 31.4 Å². The summed E-state index contributed by atoms with van der Waals surface area (Å²) < 4.78 is 0. The lowest BCUT2D eigenvalue weighted by Gasteiger charge is -1.93. The maximum absolute atomic E-state index is 3.28. The van der Waals surface area contributed by atoms with Crippen LogP contribution < -0.4 is 0 Å². The molecule has 1 radical (unpaired) electrons. The maximum Gasteiger partial charge on any atom is -0.00583 e. The number of rotatable bonds is 2. The largest absolute Gasteiger partial charge is 0.0655 e.